The molecular weight excluding hydrogens is 242 g/mol. The van der Waals surface area contributed by atoms with Crippen molar-refractivity contribution in [2.75, 3.05) is 12.3 Å². The first-order chi connectivity index (χ1) is 8.13. The van der Waals surface area contributed by atoms with Crippen LogP contribution in [-0.4, -0.2) is 39.0 Å². The number of carbonyl (C=O) groups excluding carboxylic acids is 2. The topological polar surface area (TPSA) is 88.9 Å². The molecule has 8 heteroatoms. The van der Waals surface area contributed by atoms with E-state index in [1.165, 1.54) is 11.8 Å². The molecule has 0 radical (unpaired) electrons. The van der Waals surface area contributed by atoms with E-state index in [1.54, 1.807) is 17.9 Å². The minimum absolute atomic E-state index is 0.131. The van der Waals surface area contributed by atoms with E-state index < -0.39 is 6.03 Å². The molecule has 94 valence electrons. The van der Waals surface area contributed by atoms with E-state index in [0.29, 0.717) is 11.7 Å². The molecule has 0 unspecified atom stereocenters. The Morgan fingerprint density at radius 3 is 2.88 bits per heavy atom. The highest BCUT2D eigenvalue weighted by Crippen LogP contribution is 2.12. The number of nitrogens with one attached hydrogen (secondary N) is 2. The first-order valence-electron chi connectivity index (χ1n) is 5.18. The maximum absolute atomic E-state index is 11.4. The third-order valence-electron chi connectivity index (χ3n) is 1.79. The van der Waals surface area contributed by atoms with Crippen LogP contribution in [0.4, 0.5) is 4.79 Å². The highest BCUT2D eigenvalue weighted by molar-refractivity contribution is 7.99. The molecule has 7 nitrogen and oxygen atoms in total. The molecule has 0 spiro atoms. The van der Waals surface area contributed by atoms with Crippen LogP contribution in [0.1, 0.15) is 13.3 Å². The number of nitrogens with zero attached hydrogens (tertiary/aromatic N) is 3. The summed E-state index contributed by atoms with van der Waals surface area (Å²) in [5.41, 5.74) is 0. The zero-order valence-electron chi connectivity index (χ0n) is 9.77. The highest BCUT2D eigenvalue weighted by Gasteiger charge is 2.09. The number of thioether (sulfide) groups is 1. The van der Waals surface area contributed by atoms with Crippen molar-refractivity contribution in [3.05, 3.63) is 6.33 Å². The van der Waals surface area contributed by atoms with Crippen LogP contribution in [0.25, 0.3) is 0 Å². The molecule has 0 aromatic carbocycles. The average Bonchev–Trinajstić information content (AvgIpc) is 2.69. The Morgan fingerprint density at radius 1 is 1.53 bits per heavy atom. The van der Waals surface area contributed by atoms with Crippen LogP contribution in [0, 0.1) is 0 Å². The lowest BCUT2D eigenvalue weighted by molar-refractivity contribution is -0.117. The SMILES string of the molecule is CCCNC(=O)NC(=O)CSc1nncn1C. The molecule has 1 heterocycles. The Labute approximate surface area is 103 Å². The zero-order chi connectivity index (χ0) is 12.7. The van der Waals surface area contributed by atoms with Gasteiger partial charge in [-0.15, -0.1) is 10.2 Å². The lowest BCUT2D eigenvalue weighted by Crippen LogP contribution is -2.40. The van der Waals surface area contributed by atoms with Gasteiger partial charge in [-0.05, 0) is 6.42 Å². The molecule has 17 heavy (non-hydrogen) atoms. The van der Waals surface area contributed by atoms with E-state index in [2.05, 4.69) is 20.8 Å². The van der Waals surface area contributed by atoms with E-state index in [-0.39, 0.29) is 11.7 Å². The molecule has 0 fully saturated rings. The van der Waals surface area contributed by atoms with Gasteiger partial charge in [-0.3, -0.25) is 10.1 Å². The van der Waals surface area contributed by atoms with Gasteiger partial charge in [0.05, 0.1) is 5.75 Å². The second kappa shape index (κ2) is 6.89. The molecule has 3 amide bonds. The van der Waals surface area contributed by atoms with Gasteiger partial charge in [0.25, 0.3) is 0 Å². The van der Waals surface area contributed by atoms with Crippen LogP contribution in [0.15, 0.2) is 11.5 Å². The molecule has 0 aliphatic heterocycles. The van der Waals surface area contributed by atoms with Crippen molar-refractivity contribution in [1.82, 2.24) is 25.4 Å². The predicted molar refractivity (Wildman–Crippen MR) is 63.6 cm³/mol. The summed E-state index contributed by atoms with van der Waals surface area (Å²) in [5, 5.41) is 12.9. The Hall–Kier alpha value is -1.57. The number of imide groups is 1. The number of urea groups is 1. The van der Waals surface area contributed by atoms with Gasteiger partial charge >= 0.3 is 6.03 Å². The maximum Gasteiger partial charge on any atom is 0.321 e. The second-order valence-electron chi connectivity index (χ2n) is 3.32. The summed E-state index contributed by atoms with van der Waals surface area (Å²) in [4.78, 5) is 22.5. The van der Waals surface area contributed by atoms with Crippen LogP contribution in [0.3, 0.4) is 0 Å². The minimum Gasteiger partial charge on any atom is -0.338 e. The number of rotatable bonds is 5. The molecule has 0 saturated carbocycles. The maximum atomic E-state index is 11.4. The van der Waals surface area contributed by atoms with Crippen molar-refractivity contribution in [2.24, 2.45) is 7.05 Å². The summed E-state index contributed by atoms with van der Waals surface area (Å²) in [6.07, 6.45) is 2.38. The fraction of sp³-hybridized carbons (Fsp3) is 0.556. The minimum atomic E-state index is -0.463. The Kier molecular flexibility index (Phi) is 5.47. The number of carbonyl (C=O) groups is 2. The van der Waals surface area contributed by atoms with Crippen molar-refractivity contribution in [3.8, 4) is 0 Å². The highest BCUT2D eigenvalue weighted by atomic mass is 32.2. The lowest BCUT2D eigenvalue weighted by atomic mass is 10.5. The summed E-state index contributed by atoms with van der Waals surface area (Å²) in [6, 6.07) is -0.463. The van der Waals surface area contributed by atoms with Crippen LogP contribution in [0.2, 0.25) is 0 Å². The van der Waals surface area contributed by atoms with Crippen molar-refractivity contribution in [1.29, 1.82) is 0 Å². The van der Waals surface area contributed by atoms with E-state index in [9.17, 15) is 9.59 Å². The molecule has 0 aliphatic rings. The van der Waals surface area contributed by atoms with Gasteiger partial charge in [0.15, 0.2) is 5.16 Å². The molecule has 0 aliphatic carbocycles. The molecular formula is C9H15N5O2S. The average molecular weight is 257 g/mol. The van der Waals surface area contributed by atoms with Gasteiger partial charge in [-0.1, -0.05) is 18.7 Å². The summed E-state index contributed by atoms with van der Waals surface area (Å²) < 4.78 is 1.70. The van der Waals surface area contributed by atoms with Gasteiger partial charge in [-0.25, -0.2) is 4.79 Å². The first-order valence-corrected chi connectivity index (χ1v) is 6.16. The summed E-state index contributed by atoms with van der Waals surface area (Å²) in [5.74, 6) is -0.224. The molecule has 1 aromatic heterocycles. The fourth-order valence-electron chi connectivity index (χ4n) is 0.979. The van der Waals surface area contributed by atoms with Crippen molar-refractivity contribution in [3.63, 3.8) is 0 Å². The third-order valence-corrected chi connectivity index (χ3v) is 2.83. The van der Waals surface area contributed by atoms with Crippen LogP contribution >= 0.6 is 11.8 Å². The number of aryl methyl sites for hydroxylation is 1. The van der Waals surface area contributed by atoms with E-state index in [1.807, 2.05) is 6.92 Å². The van der Waals surface area contributed by atoms with Crippen LogP contribution in [-0.2, 0) is 11.8 Å². The van der Waals surface area contributed by atoms with Gasteiger partial charge in [0, 0.05) is 13.6 Å². The van der Waals surface area contributed by atoms with E-state index >= 15 is 0 Å². The molecule has 2 N–H and O–H groups in total. The predicted octanol–water partition coefficient (Wildman–Crippen LogP) is 0.143. The standard InChI is InChI=1S/C9H15N5O2S/c1-3-4-10-8(16)12-7(15)5-17-9-13-11-6-14(9)2/h6H,3-5H2,1-2H3,(H2,10,12,15,16). The zero-order valence-corrected chi connectivity index (χ0v) is 10.6. The molecule has 0 saturated heterocycles. The number of amides is 3. The smallest absolute Gasteiger partial charge is 0.321 e. The Bertz CT molecular complexity index is 392. The van der Waals surface area contributed by atoms with Crippen molar-refractivity contribution in [2.45, 2.75) is 18.5 Å². The molecule has 1 aromatic rings. The summed E-state index contributed by atoms with van der Waals surface area (Å²) in [7, 11) is 1.79. The van der Waals surface area contributed by atoms with Crippen molar-refractivity contribution >= 4 is 23.7 Å². The van der Waals surface area contributed by atoms with Crippen molar-refractivity contribution < 1.29 is 9.59 Å². The molecule has 0 bridgehead atoms. The van der Waals surface area contributed by atoms with Gasteiger partial charge in [-0.2, -0.15) is 0 Å². The molecule has 1 rings (SSSR count). The third kappa shape index (κ3) is 4.85. The largest absolute Gasteiger partial charge is 0.338 e. The summed E-state index contributed by atoms with van der Waals surface area (Å²) in [6.45, 7) is 2.49. The molecule has 0 atom stereocenters. The Balaban J connectivity index is 2.26. The van der Waals surface area contributed by atoms with E-state index in [0.717, 1.165) is 6.42 Å². The lowest BCUT2D eigenvalue weighted by Gasteiger charge is -2.04. The first kappa shape index (κ1) is 13.5. The summed E-state index contributed by atoms with van der Waals surface area (Å²) >= 11 is 1.22. The normalized spacial score (nSPS) is 10.0. The number of aromatic nitrogens is 3. The Morgan fingerprint density at radius 2 is 2.29 bits per heavy atom. The van der Waals surface area contributed by atoms with Gasteiger partial charge in [0.2, 0.25) is 5.91 Å². The number of hydrogen-bond donors (Lipinski definition) is 2. The fourth-order valence-corrected chi connectivity index (χ4v) is 1.67. The second-order valence-corrected chi connectivity index (χ2v) is 4.26. The van der Waals surface area contributed by atoms with Crippen LogP contribution < -0.4 is 10.6 Å². The quantitative estimate of drug-likeness (QED) is 0.733. The number of hydrogen-bond acceptors (Lipinski definition) is 5. The monoisotopic (exact) mass is 257 g/mol. The van der Waals surface area contributed by atoms with E-state index in [4.69, 9.17) is 0 Å². The van der Waals surface area contributed by atoms with Crippen LogP contribution in [0.5, 0.6) is 0 Å². The van der Waals surface area contributed by atoms with Gasteiger partial charge in [0.1, 0.15) is 6.33 Å². The van der Waals surface area contributed by atoms with Gasteiger partial charge < -0.3 is 9.88 Å².